The summed E-state index contributed by atoms with van der Waals surface area (Å²) in [4.78, 5) is 11.8. The van der Waals surface area contributed by atoms with E-state index in [1.807, 2.05) is 13.8 Å². The van der Waals surface area contributed by atoms with Crippen LogP contribution in [0.1, 0.15) is 34.6 Å². The number of rotatable bonds is 3. The second-order valence-electron chi connectivity index (χ2n) is 8.34. The number of esters is 1. The van der Waals surface area contributed by atoms with Gasteiger partial charge in [-0.2, -0.15) is 0 Å². The highest BCUT2D eigenvalue weighted by atomic mass is 16.9. The van der Waals surface area contributed by atoms with Gasteiger partial charge in [-0.3, -0.25) is 4.79 Å². The van der Waals surface area contributed by atoms with E-state index in [-0.39, 0.29) is 0 Å². The zero-order valence-corrected chi connectivity index (χ0v) is 17.0. The van der Waals surface area contributed by atoms with Gasteiger partial charge in [-0.1, -0.05) is 0 Å². The van der Waals surface area contributed by atoms with Gasteiger partial charge in [-0.05, 0) is 39.8 Å². The maximum absolute atomic E-state index is 11.8. The van der Waals surface area contributed by atoms with Crippen molar-refractivity contribution in [2.75, 3.05) is 13.7 Å². The lowest BCUT2D eigenvalue weighted by Gasteiger charge is -2.46. The van der Waals surface area contributed by atoms with Gasteiger partial charge in [0, 0.05) is 14.0 Å². The second kappa shape index (κ2) is 6.73. The summed E-state index contributed by atoms with van der Waals surface area (Å²) in [6.45, 7) is 8.88. The Balaban J connectivity index is 1.76. The number of methoxy groups -OCH3 is 1. The molecular weight excluding hydrogens is 372 g/mol. The third-order valence-corrected chi connectivity index (χ3v) is 5.33. The molecule has 0 bridgehead atoms. The summed E-state index contributed by atoms with van der Waals surface area (Å²) >= 11 is 0. The number of fused-ring (bicyclic) bond motifs is 2. The molecule has 3 saturated heterocycles. The van der Waals surface area contributed by atoms with Crippen molar-refractivity contribution in [2.24, 2.45) is 0 Å². The molecule has 0 saturated carbocycles. The summed E-state index contributed by atoms with van der Waals surface area (Å²) in [5, 5.41) is 0. The summed E-state index contributed by atoms with van der Waals surface area (Å²) in [5.74, 6) is -2.10. The van der Waals surface area contributed by atoms with E-state index in [9.17, 15) is 4.79 Å². The fraction of sp³-hybridized carbons (Fsp3) is 0.842. The lowest BCUT2D eigenvalue weighted by Crippen LogP contribution is -2.65. The monoisotopic (exact) mass is 400 g/mol. The van der Waals surface area contributed by atoms with Crippen molar-refractivity contribution in [3.05, 3.63) is 12.2 Å². The average molecular weight is 400 g/mol. The lowest BCUT2D eigenvalue weighted by atomic mass is 9.81. The first kappa shape index (κ1) is 20.2. The number of hydrogen-bond acceptors (Lipinski definition) is 9. The van der Waals surface area contributed by atoms with Gasteiger partial charge in [-0.15, -0.1) is 0 Å². The van der Waals surface area contributed by atoms with Crippen LogP contribution < -0.4 is 0 Å². The maximum Gasteiger partial charge on any atom is 0.303 e. The molecule has 9 heteroatoms. The van der Waals surface area contributed by atoms with Crippen LogP contribution in [0.25, 0.3) is 0 Å². The van der Waals surface area contributed by atoms with Gasteiger partial charge in [0.1, 0.15) is 18.3 Å². The van der Waals surface area contributed by atoms with Crippen LogP contribution >= 0.6 is 0 Å². The number of carbonyl (C=O) groups is 1. The van der Waals surface area contributed by atoms with Crippen molar-refractivity contribution in [3.63, 3.8) is 0 Å². The van der Waals surface area contributed by atoms with Gasteiger partial charge < -0.3 is 37.9 Å². The minimum atomic E-state index is -1.23. The van der Waals surface area contributed by atoms with Crippen LogP contribution in [-0.2, 0) is 42.7 Å². The van der Waals surface area contributed by atoms with Crippen LogP contribution in [0.4, 0.5) is 0 Å². The maximum atomic E-state index is 11.8. The fourth-order valence-electron chi connectivity index (χ4n) is 4.33. The summed E-state index contributed by atoms with van der Waals surface area (Å²) in [6.07, 6.45) is -0.528. The minimum Gasteiger partial charge on any atom is -0.455 e. The Morgan fingerprint density at radius 3 is 2.36 bits per heavy atom. The molecule has 0 aromatic carbocycles. The highest BCUT2D eigenvalue weighted by molar-refractivity contribution is 5.66. The zero-order chi connectivity index (χ0) is 20.3. The Kier molecular flexibility index (Phi) is 4.86. The molecular formula is C19H28O9. The van der Waals surface area contributed by atoms with Crippen LogP contribution in [0.2, 0.25) is 0 Å². The molecule has 0 amide bonds. The van der Waals surface area contributed by atoms with Gasteiger partial charge >= 0.3 is 5.97 Å². The fourth-order valence-corrected chi connectivity index (χ4v) is 4.33. The number of carbonyl (C=O) groups excluding carboxylic acids is 1. The van der Waals surface area contributed by atoms with Crippen LogP contribution in [0.3, 0.4) is 0 Å². The molecule has 158 valence electrons. The minimum absolute atomic E-state index is 0.291. The third-order valence-electron chi connectivity index (χ3n) is 5.33. The van der Waals surface area contributed by atoms with Gasteiger partial charge in [0.05, 0.1) is 6.61 Å². The first-order chi connectivity index (χ1) is 13.1. The molecule has 3 fully saturated rings. The summed E-state index contributed by atoms with van der Waals surface area (Å²) in [7, 11) is 1.53. The van der Waals surface area contributed by atoms with Crippen molar-refractivity contribution >= 4 is 5.97 Å². The van der Waals surface area contributed by atoms with E-state index in [0.717, 1.165) is 0 Å². The third kappa shape index (κ3) is 3.28. The number of hydrogen-bond donors (Lipinski definition) is 0. The van der Waals surface area contributed by atoms with Gasteiger partial charge in [0.15, 0.2) is 35.9 Å². The van der Waals surface area contributed by atoms with E-state index in [1.165, 1.54) is 14.0 Å². The Morgan fingerprint density at radius 2 is 1.75 bits per heavy atom. The van der Waals surface area contributed by atoms with E-state index >= 15 is 0 Å². The number of ether oxygens (including phenoxy) is 8. The lowest BCUT2D eigenvalue weighted by molar-refractivity contribution is -0.298. The molecule has 28 heavy (non-hydrogen) atoms. The predicted molar refractivity (Wildman–Crippen MR) is 92.9 cm³/mol. The molecule has 0 aromatic rings. The van der Waals surface area contributed by atoms with Gasteiger partial charge in [0.2, 0.25) is 0 Å². The molecule has 4 rings (SSSR count). The van der Waals surface area contributed by atoms with Crippen molar-refractivity contribution in [1.29, 1.82) is 0 Å². The quantitative estimate of drug-likeness (QED) is 0.513. The molecule has 4 heterocycles. The molecule has 0 unspecified atom stereocenters. The van der Waals surface area contributed by atoms with Crippen LogP contribution in [0, 0.1) is 0 Å². The molecule has 0 aromatic heterocycles. The summed E-state index contributed by atoms with van der Waals surface area (Å²) in [6, 6.07) is 0. The van der Waals surface area contributed by atoms with E-state index in [4.69, 9.17) is 37.9 Å². The highest BCUT2D eigenvalue weighted by Crippen LogP contribution is 2.51. The molecule has 9 nitrogen and oxygen atoms in total. The van der Waals surface area contributed by atoms with Crippen molar-refractivity contribution < 1.29 is 42.7 Å². The SMILES string of the molecule is CO[C@H]1C=C[C@@H](OC(C)=O)[C@@]2(O1)[C@@H]([C@H]1COC(C)(C)O1)O[C@@H]1OC(C)(C)O[C@@H]12. The normalized spacial score (nSPS) is 46.1. The molecule has 4 aliphatic rings. The van der Waals surface area contributed by atoms with Crippen molar-refractivity contribution in [2.45, 2.75) is 88.8 Å². The van der Waals surface area contributed by atoms with Crippen LogP contribution in [0.15, 0.2) is 12.2 Å². The molecule has 0 radical (unpaired) electrons. The molecule has 0 N–H and O–H groups in total. The second-order valence-corrected chi connectivity index (χ2v) is 8.34. The van der Waals surface area contributed by atoms with Gasteiger partial charge in [0.25, 0.3) is 0 Å². The molecule has 0 aliphatic carbocycles. The Morgan fingerprint density at radius 1 is 1.00 bits per heavy atom. The highest BCUT2D eigenvalue weighted by Gasteiger charge is 2.72. The van der Waals surface area contributed by atoms with E-state index in [0.29, 0.717) is 6.61 Å². The van der Waals surface area contributed by atoms with E-state index in [2.05, 4.69) is 0 Å². The smallest absolute Gasteiger partial charge is 0.303 e. The van der Waals surface area contributed by atoms with E-state index in [1.54, 1.807) is 26.0 Å². The topological polar surface area (TPSA) is 90.9 Å². The van der Waals surface area contributed by atoms with Crippen molar-refractivity contribution in [1.82, 2.24) is 0 Å². The zero-order valence-electron chi connectivity index (χ0n) is 17.0. The van der Waals surface area contributed by atoms with Crippen LogP contribution in [-0.4, -0.2) is 73.9 Å². The van der Waals surface area contributed by atoms with Crippen LogP contribution in [0.5, 0.6) is 0 Å². The predicted octanol–water partition coefficient (Wildman–Crippen LogP) is 1.24. The molecule has 1 spiro atoms. The summed E-state index contributed by atoms with van der Waals surface area (Å²) in [5.41, 5.74) is -1.23. The summed E-state index contributed by atoms with van der Waals surface area (Å²) < 4.78 is 47.5. The Bertz CT molecular complexity index is 660. The standard InChI is InChI=1S/C19H28O9/c1-10(20)23-12-7-8-13(21-6)26-19(12)14(11-9-22-17(2,3)25-11)24-16-15(19)27-18(4,5)28-16/h7-8,11-16H,9H2,1-6H3/t11-,12-,13-,14-,15+,16-,19-/m1/s1. The Labute approximate surface area is 164 Å². The van der Waals surface area contributed by atoms with Gasteiger partial charge in [-0.25, -0.2) is 0 Å². The Hall–Kier alpha value is -1.07. The first-order valence-corrected chi connectivity index (χ1v) is 9.45. The first-order valence-electron chi connectivity index (χ1n) is 9.45. The van der Waals surface area contributed by atoms with E-state index < -0.39 is 60.1 Å². The molecule has 4 aliphatic heterocycles. The molecule has 7 atom stereocenters. The largest absolute Gasteiger partial charge is 0.455 e. The average Bonchev–Trinajstić information content (AvgIpc) is 3.19. The van der Waals surface area contributed by atoms with Crippen molar-refractivity contribution in [3.8, 4) is 0 Å².